The molecule has 2 aliphatic heterocycles. The molecule has 8 heteroatoms. The molecule has 2 aliphatic rings. The summed E-state index contributed by atoms with van der Waals surface area (Å²) in [5, 5.41) is 6.92. The highest BCUT2D eigenvalue weighted by Crippen LogP contribution is 2.37. The van der Waals surface area contributed by atoms with E-state index in [0.717, 1.165) is 23.4 Å². The number of aliphatic imine (C=N–C) groups is 2. The summed E-state index contributed by atoms with van der Waals surface area (Å²) in [5.74, 6) is 1.45. The number of halogens is 2. The zero-order chi connectivity index (χ0) is 26.7. The fraction of sp³-hybridized carbons (Fsp3) is 0.310. The van der Waals surface area contributed by atoms with Crippen molar-refractivity contribution in [3.05, 3.63) is 101 Å². The lowest BCUT2D eigenvalue weighted by Crippen LogP contribution is -2.24. The number of thiophene rings is 2. The van der Waals surface area contributed by atoms with Crippen LogP contribution in [0.4, 0.5) is 4.39 Å². The molecule has 0 saturated heterocycles. The number of amidine groups is 2. The molecule has 0 saturated carbocycles. The molecule has 3 aromatic rings. The second-order valence-corrected chi connectivity index (χ2v) is 12.5. The van der Waals surface area contributed by atoms with Crippen LogP contribution in [0.5, 0.6) is 0 Å². The SMILES string of the molecule is CCC1=CNC(C)=NC1c1cc(C)sc1C.Cc1cc(C2N=C(c3ccc(F)cc3)NC=C2Cl)c(C)s1. The van der Waals surface area contributed by atoms with Gasteiger partial charge in [-0.05, 0) is 94.1 Å². The summed E-state index contributed by atoms with van der Waals surface area (Å²) in [7, 11) is 0. The maximum atomic E-state index is 13.0. The van der Waals surface area contributed by atoms with Gasteiger partial charge in [-0.25, -0.2) is 4.39 Å². The molecule has 2 unspecified atom stereocenters. The fourth-order valence-electron chi connectivity index (χ4n) is 4.43. The van der Waals surface area contributed by atoms with E-state index >= 15 is 0 Å². The summed E-state index contributed by atoms with van der Waals surface area (Å²) < 4.78 is 13.0. The van der Waals surface area contributed by atoms with Gasteiger partial charge < -0.3 is 10.6 Å². The largest absolute Gasteiger partial charge is 0.351 e. The molecule has 4 heterocycles. The van der Waals surface area contributed by atoms with E-state index in [1.807, 2.05) is 18.3 Å². The van der Waals surface area contributed by atoms with Crippen LogP contribution in [0.1, 0.15) is 68.6 Å². The normalized spacial score (nSPS) is 18.9. The fourth-order valence-corrected chi connectivity index (χ4v) is 6.56. The van der Waals surface area contributed by atoms with Crippen LogP contribution in [0.2, 0.25) is 0 Å². The highest BCUT2D eigenvalue weighted by Gasteiger charge is 2.23. The van der Waals surface area contributed by atoms with Crippen LogP contribution in [0.3, 0.4) is 0 Å². The molecule has 2 aromatic heterocycles. The first-order valence-electron chi connectivity index (χ1n) is 12.3. The van der Waals surface area contributed by atoms with Crippen molar-refractivity contribution in [2.24, 2.45) is 9.98 Å². The Balaban J connectivity index is 0.000000180. The Morgan fingerprint density at radius 2 is 1.43 bits per heavy atom. The number of hydrogen-bond acceptors (Lipinski definition) is 6. The Morgan fingerprint density at radius 3 is 1.97 bits per heavy atom. The molecule has 0 bridgehead atoms. The van der Waals surface area contributed by atoms with Crippen molar-refractivity contribution in [2.45, 2.75) is 60.0 Å². The standard InChI is InChI=1S/C16H14ClFN2S.C13H18N2S/c1-9-7-13(10(2)21-9)15-14(17)8-19-16(20-15)11-3-5-12(18)6-4-11;1-5-11-7-14-10(4)15-13(11)12-6-8(2)16-9(12)3/h3-8,15H,1-2H3,(H,19,20);6-7,13H,5H2,1-4H3,(H,14,15). The van der Waals surface area contributed by atoms with Gasteiger partial charge in [0.05, 0.1) is 10.9 Å². The third-order valence-corrected chi connectivity index (χ3v) is 8.56. The highest BCUT2D eigenvalue weighted by molar-refractivity contribution is 7.12. The molecular formula is C29H32ClFN4S2. The van der Waals surface area contributed by atoms with Gasteiger partial charge in [-0.2, -0.15) is 0 Å². The highest BCUT2D eigenvalue weighted by atomic mass is 35.5. The number of nitrogens with zero attached hydrogens (tertiary/aromatic N) is 2. The van der Waals surface area contributed by atoms with E-state index < -0.39 is 0 Å². The van der Waals surface area contributed by atoms with E-state index in [9.17, 15) is 4.39 Å². The monoisotopic (exact) mass is 554 g/mol. The second-order valence-electron chi connectivity index (χ2n) is 9.13. The van der Waals surface area contributed by atoms with Crippen LogP contribution in [-0.4, -0.2) is 11.7 Å². The number of aryl methyl sites for hydroxylation is 4. The van der Waals surface area contributed by atoms with E-state index in [4.69, 9.17) is 21.6 Å². The molecule has 0 aliphatic carbocycles. The van der Waals surface area contributed by atoms with Gasteiger partial charge in [0.1, 0.15) is 23.7 Å². The van der Waals surface area contributed by atoms with Crippen LogP contribution in [0, 0.1) is 33.5 Å². The van der Waals surface area contributed by atoms with Gasteiger partial charge in [0.15, 0.2) is 0 Å². The van der Waals surface area contributed by atoms with Gasteiger partial charge in [0, 0.05) is 37.5 Å². The number of hydrogen-bond donors (Lipinski definition) is 2. The van der Waals surface area contributed by atoms with E-state index in [2.05, 4.69) is 63.6 Å². The Morgan fingerprint density at radius 1 is 0.838 bits per heavy atom. The van der Waals surface area contributed by atoms with E-state index in [0.29, 0.717) is 10.9 Å². The van der Waals surface area contributed by atoms with Crippen LogP contribution in [0.15, 0.2) is 69.4 Å². The van der Waals surface area contributed by atoms with Gasteiger partial charge in [-0.15, -0.1) is 22.7 Å². The van der Waals surface area contributed by atoms with Crippen molar-refractivity contribution in [2.75, 3.05) is 0 Å². The Labute approximate surface area is 231 Å². The van der Waals surface area contributed by atoms with Crippen molar-refractivity contribution in [1.29, 1.82) is 0 Å². The summed E-state index contributed by atoms with van der Waals surface area (Å²) in [5.41, 5.74) is 4.70. The Bertz CT molecular complexity index is 1400. The third kappa shape index (κ3) is 6.40. The average molecular weight is 555 g/mol. The van der Waals surface area contributed by atoms with Gasteiger partial charge in [0.2, 0.25) is 0 Å². The summed E-state index contributed by atoms with van der Waals surface area (Å²) >= 11 is 9.91. The maximum Gasteiger partial charge on any atom is 0.133 e. The summed E-state index contributed by atoms with van der Waals surface area (Å²) in [6, 6.07) is 10.7. The molecule has 0 amide bonds. The molecule has 2 atom stereocenters. The molecule has 194 valence electrons. The lowest BCUT2D eigenvalue weighted by molar-refractivity contribution is 0.627. The van der Waals surface area contributed by atoms with Gasteiger partial charge >= 0.3 is 0 Å². The van der Waals surface area contributed by atoms with Crippen molar-refractivity contribution >= 4 is 45.9 Å². The number of rotatable bonds is 4. The molecule has 4 nitrogen and oxygen atoms in total. The topological polar surface area (TPSA) is 48.8 Å². The quantitative estimate of drug-likeness (QED) is 0.340. The van der Waals surface area contributed by atoms with Crippen LogP contribution >= 0.6 is 34.3 Å². The zero-order valence-electron chi connectivity index (χ0n) is 21.9. The first kappa shape index (κ1) is 27.3. The molecule has 0 radical (unpaired) electrons. The summed E-state index contributed by atoms with van der Waals surface area (Å²) in [6.45, 7) is 12.7. The molecule has 0 spiro atoms. The average Bonchev–Trinajstić information content (AvgIpc) is 3.39. The summed E-state index contributed by atoms with van der Waals surface area (Å²) in [4.78, 5) is 14.6. The second kappa shape index (κ2) is 11.8. The first-order valence-corrected chi connectivity index (χ1v) is 14.3. The predicted molar refractivity (Wildman–Crippen MR) is 158 cm³/mol. The predicted octanol–water partition coefficient (Wildman–Crippen LogP) is 8.40. The van der Waals surface area contributed by atoms with Crippen molar-refractivity contribution in [3.63, 3.8) is 0 Å². The van der Waals surface area contributed by atoms with Crippen LogP contribution in [0.25, 0.3) is 0 Å². The molecular weight excluding hydrogens is 523 g/mol. The molecule has 0 fully saturated rings. The van der Waals surface area contributed by atoms with E-state index in [-0.39, 0.29) is 17.9 Å². The van der Waals surface area contributed by atoms with Gasteiger partial charge in [-0.3, -0.25) is 9.98 Å². The molecule has 5 rings (SSSR count). The minimum atomic E-state index is -0.260. The van der Waals surface area contributed by atoms with Crippen LogP contribution in [-0.2, 0) is 0 Å². The van der Waals surface area contributed by atoms with Gasteiger partial charge in [-0.1, -0.05) is 18.5 Å². The minimum absolute atomic E-state index is 0.196. The minimum Gasteiger partial charge on any atom is -0.351 e. The number of benzene rings is 1. The van der Waals surface area contributed by atoms with Crippen molar-refractivity contribution in [1.82, 2.24) is 10.6 Å². The molecule has 1 aromatic carbocycles. The van der Waals surface area contributed by atoms with Crippen molar-refractivity contribution in [3.8, 4) is 0 Å². The Hall–Kier alpha value is -2.74. The zero-order valence-corrected chi connectivity index (χ0v) is 24.3. The lowest BCUT2D eigenvalue weighted by Gasteiger charge is -2.21. The summed E-state index contributed by atoms with van der Waals surface area (Å²) in [6.07, 6.45) is 4.91. The van der Waals surface area contributed by atoms with Crippen molar-refractivity contribution < 1.29 is 4.39 Å². The molecule has 37 heavy (non-hydrogen) atoms. The van der Waals surface area contributed by atoms with E-state index in [1.165, 1.54) is 42.8 Å². The first-order chi connectivity index (χ1) is 17.7. The van der Waals surface area contributed by atoms with Gasteiger partial charge in [0.25, 0.3) is 0 Å². The van der Waals surface area contributed by atoms with Crippen LogP contribution < -0.4 is 10.6 Å². The third-order valence-electron chi connectivity index (χ3n) is 6.28. The Kier molecular flexibility index (Phi) is 8.67. The van der Waals surface area contributed by atoms with E-state index in [1.54, 1.807) is 29.7 Å². The maximum absolute atomic E-state index is 13.0. The lowest BCUT2D eigenvalue weighted by atomic mass is 9.97. The number of nitrogens with one attached hydrogen (secondary N) is 2. The smallest absolute Gasteiger partial charge is 0.133 e. The molecule has 2 N–H and O–H groups in total.